The number of benzene rings is 1. The maximum absolute atomic E-state index is 8.67. The Morgan fingerprint density at radius 2 is 2.28 bits per heavy atom. The number of hydrogen-bond donors (Lipinski definition) is 2. The Kier molecular flexibility index (Phi) is 4.04. The van der Waals surface area contributed by atoms with E-state index in [2.05, 4.69) is 5.16 Å². The number of amidine groups is 1. The van der Waals surface area contributed by atoms with Crippen LogP contribution in [0.25, 0.3) is 0 Å². The van der Waals surface area contributed by atoms with Crippen LogP contribution >= 0.6 is 0 Å². The molecule has 0 aromatic heterocycles. The summed E-state index contributed by atoms with van der Waals surface area (Å²) >= 11 is 0. The van der Waals surface area contributed by atoms with Crippen LogP contribution in [0, 0.1) is 0 Å². The second kappa shape index (κ2) is 5.73. The van der Waals surface area contributed by atoms with E-state index < -0.39 is 0 Å². The summed E-state index contributed by atoms with van der Waals surface area (Å²) < 4.78 is 11.0. The summed E-state index contributed by atoms with van der Waals surface area (Å²) in [7, 11) is 1.62. The Hall–Kier alpha value is -1.75. The molecular weight excluding hydrogens is 232 g/mol. The standard InChI is InChI=1S/C13H18N2O3/c1-17-12-6-5-9(13(14)15-16)7-10(12)8-18-11-3-2-4-11/h5-7,11,16H,2-4,8H2,1H3,(H2,14,15). The smallest absolute Gasteiger partial charge is 0.170 e. The van der Waals surface area contributed by atoms with Gasteiger partial charge in [-0.25, -0.2) is 0 Å². The van der Waals surface area contributed by atoms with Crippen molar-refractivity contribution in [2.24, 2.45) is 10.9 Å². The molecule has 0 atom stereocenters. The molecule has 0 bridgehead atoms. The fraction of sp³-hybridized carbons (Fsp3) is 0.462. The zero-order valence-electron chi connectivity index (χ0n) is 10.4. The third-order valence-electron chi connectivity index (χ3n) is 3.21. The number of rotatable bonds is 5. The molecule has 1 aliphatic rings. The highest BCUT2D eigenvalue weighted by atomic mass is 16.5. The van der Waals surface area contributed by atoms with E-state index >= 15 is 0 Å². The fourth-order valence-corrected chi connectivity index (χ4v) is 1.85. The molecule has 1 aromatic carbocycles. The molecule has 5 nitrogen and oxygen atoms in total. The van der Waals surface area contributed by atoms with Crippen LogP contribution in [0.5, 0.6) is 5.75 Å². The van der Waals surface area contributed by atoms with Gasteiger partial charge in [-0.2, -0.15) is 0 Å². The minimum Gasteiger partial charge on any atom is -0.496 e. The van der Waals surface area contributed by atoms with E-state index in [-0.39, 0.29) is 5.84 Å². The predicted octanol–water partition coefficient (Wildman–Crippen LogP) is 1.86. The lowest BCUT2D eigenvalue weighted by molar-refractivity contribution is -0.00934. The molecule has 1 saturated carbocycles. The first-order valence-electron chi connectivity index (χ1n) is 6.01. The average molecular weight is 250 g/mol. The van der Waals surface area contributed by atoms with Crippen LogP contribution in [0.4, 0.5) is 0 Å². The van der Waals surface area contributed by atoms with Gasteiger partial charge < -0.3 is 20.4 Å². The van der Waals surface area contributed by atoms with Gasteiger partial charge in [0.1, 0.15) is 5.75 Å². The van der Waals surface area contributed by atoms with Gasteiger partial charge in [0, 0.05) is 11.1 Å². The minimum atomic E-state index is 0.0857. The Morgan fingerprint density at radius 1 is 1.50 bits per heavy atom. The second-order valence-electron chi connectivity index (χ2n) is 4.38. The first-order valence-corrected chi connectivity index (χ1v) is 6.01. The molecule has 1 aliphatic carbocycles. The number of oxime groups is 1. The van der Waals surface area contributed by atoms with Gasteiger partial charge in [-0.15, -0.1) is 0 Å². The van der Waals surface area contributed by atoms with Crippen molar-refractivity contribution < 1.29 is 14.7 Å². The fourth-order valence-electron chi connectivity index (χ4n) is 1.85. The number of methoxy groups -OCH3 is 1. The number of nitrogens with zero attached hydrogens (tertiary/aromatic N) is 1. The average Bonchev–Trinajstić information content (AvgIpc) is 2.35. The van der Waals surface area contributed by atoms with Gasteiger partial charge >= 0.3 is 0 Å². The van der Waals surface area contributed by atoms with Crippen molar-refractivity contribution in [1.29, 1.82) is 0 Å². The van der Waals surface area contributed by atoms with E-state index in [4.69, 9.17) is 20.4 Å². The number of nitrogens with two attached hydrogens (primary N) is 1. The number of hydrogen-bond acceptors (Lipinski definition) is 4. The zero-order valence-corrected chi connectivity index (χ0v) is 10.4. The maximum Gasteiger partial charge on any atom is 0.170 e. The Bertz CT molecular complexity index is 442. The molecular formula is C13H18N2O3. The van der Waals surface area contributed by atoms with Crippen molar-refractivity contribution in [3.63, 3.8) is 0 Å². The van der Waals surface area contributed by atoms with Gasteiger partial charge in [-0.05, 0) is 37.5 Å². The quantitative estimate of drug-likeness (QED) is 0.362. The van der Waals surface area contributed by atoms with Gasteiger partial charge in [0.15, 0.2) is 5.84 Å². The van der Waals surface area contributed by atoms with Crippen LogP contribution in [0.1, 0.15) is 30.4 Å². The summed E-state index contributed by atoms with van der Waals surface area (Å²) in [6.45, 7) is 0.486. The lowest BCUT2D eigenvalue weighted by atomic mass is 9.96. The van der Waals surface area contributed by atoms with E-state index in [0.29, 0.717) is 18.3 Å². The Labute approximate surface area is 106 Å². The van der Waals surface area contributed by atoms with Gasteiger partial charge in [0.2, 0.25) is 0 Å². The second-order valence-corrected chi connectivity index (χ2v) is 4.38. The summed E-state index contributed by atoms with van der Waals surface area (Å²) in [5.74, 6) is 0.839. The predicted molar refractivity (Wildman–Crippen MR) is 67.9 cm³/mol. The van der Waals surface area contributed by atoms with E-state index in [0.717, 1.165) is 24.2 Å². The van der Waals surface area contributed by atoms with Crippen LogP contribution < -0.4 is 10.5 Å². The highest BCUT2D eigenvalue weighted by Gasteiger charge is 2.18. The highest BCUT2D eigenvalue weighted by Crippen LogP contribution is 2.26. The van der Waals surface area contributed by atoms with Crippen LogP contribution in [-0.4, -0.2) is 24.3 Å². The normalized spacial score (nSPS) is 16.4. The third kappa shape index (κ3) is 2.73. The summed E-state index contributed by atoms with van der Waals surface area (Å²) in [5.41, 5.74) is 7.13. The first-order chi connectivity index (χ1) is 8.74. The summed E-state index contributed by atoms with van der Waals surface area (Å²) in [5, 5.41) is 11.7. The molecule has 0 unspecified atom stereocenters. The zero-order chi connectivity index (χ0) is 13.0. The van der Waals surface area contributed by atoms with Crippen LogP contribution in [0.15, 0.2) is 23.4 Å². The van der Waals surface area contributed by atoms with E-state index in [1.54, 1.807) is 19.2 Å². The summed E-state index contributed by atoms with van der Waals surface area (Å²) in [4.78, 5) is 0. The molecule has 0 radical (unpaired) electrons. The van der Waals surface area contributed by atoms with Gasteiger partial charge in [0.25, 0.3) is 0 Å². The van der Waals surface area contributed by atoms with Crippen LogP contribution in [0.2, 0.25) is 0 Å². The summed E-state index contributed by atoms with van der Waals surface area (Å²) in [6, 6.07) is 5.38. The SMILES string of the molecule is COc1ccc(/C(N)=N/O)cc1COC1CCC1. The molecule has 0 spiro atoms. The van der Waals surface area contributed by atoms with Crippen molar-refractivity contribution in [2.75, 3.05) is 7.11 Å². The largest absolute Gasteiger partial charge is 0.496 e. The molecule has 1 aromatic rings. The Balaban J connectivity index is 2.13. The molecule has 0 heterocycles. The van der Waals surface area contributed by atoms with E-state index in [1.165, 1.54) is 6.42 Å². The summed E-state index contributed by atoms with van der Waals surface area (Å²) in [6.07, 6.45) is 3.86. The molecule has 5 heteroatoms. The molecule has 98 valence electrons. The topological polar surface area (TPSA) is 77.1 Å². The van der Waals surface area contributed by atoms with Crippen molar-refractivity contribution in [1.82, 2.24) is 0 Å². The van der Waals surface area contributed by atoms with Gasteiger partial charge in [-0.1, -0.05) is 5.16 Å². The molecule has 2 rings (SSSR count). The van der Waals surface area contributed by atoms with Crippen LogP contribution in [0.3, 0.4) is 0 Å². The Morgan fingerprint density at radius 3 is 2.83 bits per heavy atom. The monoisotopic (exact) mass is 250 g/mol. The maximum atomic E-state index is 8.67. The molecule has 0 amide bonds. The van der Waals surface area contributed by atoms with Crippen molar-refractivity contribution >= 4 is 5.84 Å². The van der Waals surface area contributed by atoms with Crippen molar-refractivity contribution in [3.8, 4) is 5.75 Å². The lowest BCUT2D eigenvalue weighted by Gasteiger charge is -2.25. The molecule has 3 N–H and O–H groups in total. The van der Waals surface area contributed by atoms with Crippen molar-refractivity contribution in [3.05, 3.63) is 29.3 Å². The molecule has 0 aliphatic heterocycles. The van der Waals surface area contributed by atoms with E-state index in [1.807, 2.05) is 6.07 Å². The van der Waals surface area contributed by atoms with Crippen molar-refractivity contribution in [2.45, 2.75) is 32.0 Å². The number of ether oxygens (including phenoxy) is 2. The van der Waals surface area contributed by atoms with Crippen LogP contribution in [-0.2, 0) is 11.3 Å². The van der Waals surface area contributed by atoms with Gasteiger partial charge in [-0.3, -0.25) is 0 Å². The molecule has 1 fully saturated rings. The third-order valence-corrected chi connectivity index (χ3v) is 3.21. The lowest BCUT2D eigenvalue weighted by Crippen LogP contribution is -2.21. The van der Waals surface area contributed by atoms with E-state index in [9.17, 15) is 0 Å². The molecule has 18 heavy (non-hydrogen) atoms. The first kappa shape index (κ1) is 12.7. The molecule has 0 saturated heterocycles. The minimum absolute atomic E-state index is 0.0857. The highest BCUT2D eigenvalue weighted by molar-refractivity contribution is 5.97. The van der Waals surface area contributed by atoms with Gasteiger partial charge in [0.05, 0.1) is 19.8 Å².